The van der Waals surface area contributed by atoms with Gasteiger partial charge in [-0.2, -0.15) is 5.10 Å². The zero-order valence-electron chi connectivity index (χ0n) is 12.4. The van der Waals surface area contributed by atoms with Gasteiger partial charge in [0.05, 0.1) is 6.20 Å². The molecule has 0 aromatic carbocycles. The molecule has 0 bridgehead atoms. The molecule has 0 spiro atoms. The molecule has 2 aromatic heterocycles. The number of likely N-dealkylation sites (tertiary alicyclic amines) is 1. The molecule has 2 N–H and O–H groups in total. The quantitative estimate of drug-likeness (QED) is 0.939. The molecule has 1 aliphatic heterocycles. The summed E-state index contributed by atoms with van der Waals surface area (Å²) >= 11 is 1.88. The van der Waals surface area contributed by atoms with Crippen molar-refractivity contribution in [2.75, 3.05) is 19.6 Å². The molecule has 0 aliphatic carbocycles. The SMILES string of the molecule is Cl.Cn1cc(-c2ccc(CN3CCC(CN)CC3)s2)cn1. The van der Waals surface area contributed by atoms with Crippen molar-refractivity contribution in [3.05, 3.63) is 29.4 Å². The largest absolute Gasteiger partial charge is 0.330 e. The van der Waals surface area contributed by atoms with E-state index in [0.29, 0.717) is 0 Å². The topological polar surface area (TPSA) is 47.1 Å². The second-order valence-corrected chi connectivity index (χ2v) is 6.79. The van der Waals surface area contributed by atoms with Gasteiger partial charge in [-0.1, -0.05) is 0 Å². The fourth-order valence-corrected chi connectivity index (χ4v) is 3.79. The second-order valence-electron chi connectivity index (χ2n) is 5.62. The summed E-state index contributed by atoms with van der Waals surface area (Å²) < 4.78 is 1.85. The minimum Gasteiger partial charge on any atom is -0.330 e. The van der Waals surface area contributed by atoms with Gasteiger partial charge in [0.1, 0.15) is 0 Å². The predicted molar refractivity (Wildman–Crippen MR) is 90.8 cm³/mol. The van der Waals surface area contributed by atoms with Crippen LogP contribution in [0.5, 0.6) is 0 Å². The Balaban J connectivity index is 0.00000161. The summed E-state index contributed by atoms with van der Waals surface area (Å²) in [5.74, 6) is 0.737. The number of aromatic nitrogens is 2. The Hall–Kier alpha value is -0.880. The monoisotopic (exact) mass is 326 g/mol. The minimum atomic E-state index is 0. The zero-order valence-corrected chi connectivity index (χ0v) is 14.0. The number of piperidine rings is 1. The summed E-state index contributed by atoms with van der Waals surface area (Å²) in [6, 6.07) is 4.46. The van der Waals surface area contributed by atoms with Crippen molar-refractivity contribution in [3.8, 4) is 10.4 Å². The molecule has 3 rings (SSSR count). The summed E-state index contributed by atoms with van der Waals surface area (Å²) in [6.45, 7) is 4.28. The van der Waals surface area contributed by atoms with E-state index in [0.717, 1.165) is 19.0 Å². The number of thiophene rings is 1. The Bertz CT molecular complexity index is 558. The molecule has 21 heavy (non-hydrogen) atoms. The van der Waals surface area contributed by atoms with Gasteiger partial charge in [0.25, 0.3) is 0 Å². The van der Waals surface area contributed by atoms with E-state index in [1.165, 1.54) is 41.2 Å². The highest BCUT2D eigenvalue weighted by molar-refractivity contribution is 7.15. The molecule has 0 saturated carbocycles. The van der Waals surface area contributed by atoms with Gasteiger partial charge in [0.2, 0.25) is 0 Å². The van der Waals surface area contributed by atoms with Crippen molar-refractivity contribution in [3.63, 3.8) is 0 Å². The van der Waals surface area contributed by atoms with Crippen LogP contribution in [0.3, 0.4) is 0 Å². The van der Waals surface area contributed by atoms with Crippen LogP contribution < -0.4 is 5.73 Å². The Morgan fingerprint density at radius 2 is 2.10 bits per heavy atom. The normalized spacial score (nSPS) is 16.9. The van der Waals surface area contributed by atoms with E-state index in [1.54, 1.807) is 0 Å². The highest BCUT2D eigenvalue weighted by atomic mass is 35.5. The van der Waals surface area contributed by atoms with Crippen LogP contribution in [0.1, 0.15) is 17.7 Å². The van der Waals surface area contributed by atoms with Crippen LogP contribution in [-0.4, -0.2) is 34.3 Å². The Kier molecular flexibility index (Phi) is 5.81. The van der Waals surface area contributed by atoms with E-state index in [4.69, 9.17) is 5.73 Å². The van der Waals surface area contributed by atoms with Gasteiger partial charge in [-0.25, -0.2) is 0 Å². The first-order chi connectivity index (χ1) is 9.74. The first-order valence-corrected chi connectivity index (χ1v) is 8.06. The van der Waals surface area contributed by atoms with Crippen molar-refractivity contribution in [1.29, 1.82) is 0 Å². The summed E-state index contributed by atoms with van der Waals surface area (Å²) in [4.78, 5) is 5.30. The molecule has 0 atom stereocenters. The number of hydrogen-bond donors (Lipinski definition) is 1. The minimum absolute atomic E-state index is 0. The van der Waals surface area contributed by atoms with Gasteiger partial charge in [-0.15, -0.1) is 23.7 Å². The molecular weight excluding hydrogens is 304 g/mol. The number of nitrogens with two attached hydrogens (primary N) is 1. The number of rotatable bonds is 4. The molecular formula is C15H23ClN4S. The fraction of sp³-hybridized carbons (Fsp3) is 0.533. The average Bonchev–Trinajstić information content (AvgIpc) is 3.09. The molecule has 1 fully saturated rings. The first kappa shape index (κ1) is 16.5. The van der Waals surface area contributed by atoms with Crippen molar-refractivity contribution < 1.29 is 0 Å². The standard InChI is InChI=1S/C15H22N4S.ClH/c1-18-10-13(9-17-18)15-3-2-14(20-15)11-19-6-4-12(8-16)5-7-19;/h2-3,9-10,12H,4-8,11,16H2,1H3;1H. The third-order valence-electron chi connectivity index (χ3n) is 4.07. The smallest absolute Gasteiger partial charge is 0.0576 e. The molecule has 1 aliphatic rings. The number of hydrogen-bond acceptors (Lipinski definition) is 4. The van der Waals surface area contributed by atoms with Crippen molar-refractivity contribution >= 4 is 23.7 Å². The third kappa shape index (κ3) is 4.07. The fourth-order valence-electron chi connectivity index (χ4n) is 2.77. The van der Waals surface area contributed by atoms with Crippen LogP contribution in [0.4, 0.5) is 0 Å². The number of halogens is 1. The lowest BCUT2D eigenvalue weighted by Gasteiger charge is -2.30. The highest BCUT2D eigenvalue weighted by Gasteiger charge is 2.18. The predicted octanol–water partition coefficient (Wildman–Crippen LogP) is 2.74. The first-order valence-electron chi connectivity index (χ1n) is 7.25. The molecule has 2 aromatic rings. The maximum Gasteiger partial charge on any atom is 0.0576 e. The van der Waals surface area contributed by atoms with Crippen LogP contribution in [0.25, 0.3) is 10.4 Å². The van der Waals surface area contributed by atoms with Crippen LogP contribution in [-0.2, 0) is 13.6 Å². The summed E-state index contributed by atoms with van der Waals surface area (Å²) in [5, 5.41) is 4.24. The Labute approximate surface area is 136 Å². The molecule has 116 valence electrons. The van der Waals surface area contributed by atoms with Crippen molar-refractivity contribution in [2.24, 2.45) is 18.7 Å². The number of aryl methyl sites for hydroxylation is 1. The average molecular weight is 327 g/mol. The highest BCUT2D eigenvalue weighted by Crippen LogP contribution is 2.29. The van der Waals surface area contributed by atoms with E-state index in [1.807, 2.05) is 29.3 Å². The van der Waals surface area contributed by atoms with Crippen molar-refractivity contribution in [1.82, 2.24) is 14.7 Å². The molecule has 1 saturated heterocycles. The summed E-state index contributed by atoms with van der Waals surface area (Å²) in [5.41, 5.74) is 6.96. The molecule has 0 unspecified atom stereocenters. The van der Waals surface area contributed by atoms with Gasteiger partial charge >= 0.3 is 0 Å². The van der Waals surface area contributed by atoms with E-state index >= 15 is 0 Å². The lowest BCUT2D eigenvalue weighted by atomic mass is 9.97. The lowest BCUT2D eigenvalue weighted by Crippen LogP contribution is -2.35. The summed E-state index contributed by atoms with van der Waals surface area (Å²) in [6.07, 6.45) is 6.50. The van der Waals surface area contributed by atoms with E-state index < -0.39 is 0 Å². The van der Waals surface area contributed by atoms with Gasteiger partial charge in [-0.3, -0.25) is 9.58 Å². The van der Waals surface area contributed by atoms with Crippen LogP contribution in [0, 0.1) is 5.92 Å². The maximum absolute atomic E-state index is 5.75. The van der Waals surface area contributed by atoms with E-state index in [2.05, 4.69) is 28.3 Å². The second kappa shape index (κ2) is 7.40. The molecule has 0 radical (unpaired) electrons. The molecule has 3 heterocycles. The van der Waals surface area contributed by atoms with E-state index in [-0.39, 0.29) is 12.4 Å². The molecule has 4 nitrogen and oxygen atoms in total. The molecule has 0 amide bonds. The van der Waals surface area contributed by atoms with E-state index in [9.17, 15) is 0 Å². The Morgan fingerprint density at radius 3 is 2.71 bits per heavy atom. The van der Waals surface area contributed by atoms with Gasteiger partial charge < -0.3 is 5.73 Å². The van der Waals surface area contributed by atoms with Crippen molar-refractivity contribution in [2.45, 2.75) is 19.4 Å². The zero-order chi connectivity index (χ0) is 13.9. The maximum atomic E-state index is 5.75. The van der Waals surface area contributed by atoms with Crippen LogP contribution in [0.15, 0.2) is 24.5 Å². The van der Waals surface area contributed by atoms with Crippen LogP contribution >= 0.6 is 23.7 Å². The lowest BCUT2D eigenvalue weighted by molar-refractivity contribution is 0.182. The van der Waals surface area contributed by atoms with Gasteiger partial charge in [0.15, 0.2) is 0 Å². The number of nitrogens with zero attached hydrogens (tertiary/aromatic N) is 3. The van der Waals surface area contributed by atoms with Gasteiger partial charge in [-0.05, 0) is 50.5 Å². The molecule has 6 heteroatoms. The van der Waals surface area contributed by atoms with Gasteiger partial charge in [0, 0.05) is 35.1 Å². The summed E-state index contributed by atoms with van der Waals surface area (Å²) in [7, 11) is 1.96. The Morgan fingerprint density at radius 1 is 1.33 bits per heavy atom. The van der Waals surface area contributed by atoms with Crippen LogP contribution in [0.2, 0.25) is 0 Å². The third-order valence-corrected chi connectivity index (χ3v) is 5.19.